The molecular formula is C15H13NO3. The molecule has 0 bridgehead atoms. The monoisotopic (exact) mass is 255 g/mol. The third kappa shape index (κ3) is 3.67. The van der Waals surface area contributed by atoms with Crippen LogP contribution in [0.15, 0.2) is 65.8 Å². The van der Waals surface area contributed by atoms with Crippen molar-refractivity contribution < 1.29 is 14.7 Å². The summed E-state index contributed by atoms with van der Waals surface area (Å²) >= 11 is 0. The summed E-state index contributed by atoms with van der Waals surface area (Å²) in [6, 6.07) is 19.1. The van der Waals surface area contributed by atoms with Crippen LogP contribution in [-0.2, 0) is 9.63 Å². The van der Waals surface area contributed by atoms with Gasteiger partial charge in [0.25, 0.3) is 0 Å². The summed E-state index contributed by atoms with van der Waals surface area (Å²) < 4.78 is 0. The van der Waals surface area contributed by atoms with Gasteiger partial charge in [-0.15, -0.1) is 0 Å². The molecule has 19 heavy (non-hydrogen) atoms. The number of nitrogens with zero attached hydrogens (tertiary/aromatic N) is 1. The minimum Gasteiger partial charge on any atom is -0.477 e. The molecule has 0 aliphatic carbocycles. The molecule has 0 unspecified atom stereocenters. The quantitative estimate of drug-likeness (QED) is 0.660. The van der Waals surface area contributed by atoms with Gasteiger partial charge in [0.1, 0.15) is 0 Å². The molecule has 0 saturated carbocycles. The molecule has 4 nitrogen and oxygen atoms in total. The van der Waals surface area contributed by atoms with Gasteiger partial charge in [-0.1, -0.05) is 65.8 Å². The predicted octanol–water partition coefficient (Wildman–Crippen LogP) is 2.86. The van der Waals surface area contributed by atoms with Crippen LogP contribution >= 0.6 is 0 Å². The minimum atomic E-state index is -1.14. The third-order valence-corrected chi connectivity index (χ3v) is 2.53. The summed E-state index contributed by atoms with van der Waals surface area (Å²) in [4.78, 5) is 15.7. The number of hydrogen-bond acceptors (Lipinski definition) is 3. The number of oxime groups is 1. The summed E-state index contributed by atoms with van der Waals surface area (Å²) in [5.41, 5.74) is 1.83. The van der Waals surface area contributed by atoms with E-state index in [-0.39, 0.29) is 0 Å². The summed E-state index contributed by atoms with van der Waals surface area (Å²) in [5.74, 6) is -1.14. The van der Waals surface area contributed by atoms with E-state index in [1.807, 2.05) is 60.7 Å². The van der Waals surface area contributed by atoms with E-state index in [9.17, 15) is 4.79 Å². The van der Waals surface area contributed by atoms with Crippen molar-refractivity contribution in [2.75, 3.05) is 0 Å². The third-order valence-electron chi connectivity index (χ3n) is 2.53. The van der Waals surface area contributed by atoms with E-state index < -0.39 is 12.1 Å². The Morgan fingerprint density at radius 2 is 1.47 bits per heavy atom. The van der Waals surface area contributed by atoms with Crippen molar-refractivity contribution in [1.29, 1.82) is 0 Å². The molecule has 1 N–H and O–H groups in total. The number of benzene rings is 2. The Morgan fingerprint density at radius 3 is 1.89 bits per heavy atom. The van der Waals surface area contributed by atoms with Crippen LogP contribution in [0.2, 0.25) is 0 Å². The maximum absolute atomic E-state index is 10.4. The van der Waals surface area contributed by atoms with Gasteiger partial charge in [0.05, 0.1) is 0 Å². The van der Waals surface area contributed by atoms with Crippen molar-refractivity contribution in [3.05, 3.63) is 71.8 Å². The van der Waals surface area contributed by atoms with Crippen LogP contribution in [0.3, 0.4) is 0 Å². The fraction of sp³-hybridized carbons (Fsp3) is 0.0667. The smallest absolute Gasteiger partial charge is 0.350 e. The molecule has 0 saturated heterocycles. The van der Waals surface area contributed by atoms with Crippen LogP contribution in [0.5, 0.6) is 0 Å². The first-order valence-electron chi connectivity index (χ1n) is 5.79. The highest BCUT2D eigenvalue weighted by Gasteiger charge is 2.14. The lowest BCUT2D eigenvalue weighted by Gasteiger charge is -2.15. The van der Waals surface area contributed by atoms with Gasteiger partial charge in [-0.25, -0.2) is 4.79 Å². The Balaban J connectivity index is 2.26. The van der Waals surface area contributed by atoms with E-state index in [2.05, 4.69) is 5.16 Å². The van der Waals surface area contributed by atoms with Gasteiger partial charge in [0.15, 0.2) is 12.3 Å². The topological polar surface area (TPSA) is 58.9 Å². The number of carboxylic acids is 1. The van der Waals surface area contributed by atoms with Gasteiger partial charge in [0, 0.05) is 0 Å². The zero-order valence-electron chi connectivity index (χ0n) is 10.1. The van der Waals surface area contributed by atoms with Gasteiger partial charge in [-0.05, 0) is 11.1 Å². The maximum atomic E-state index is 10.4. The van der Waals surface area contributed by atoms with Crippen molar-refractivity contribution in [3.8, 4) is 0 Å². The molecule has 0 aromatic heterocycles. The number of aliphatic carboxylic acids is 1. The van der Waals surface area contributed by atoms with E-state index in [0.717, 1.165) is 17.3 Å². The molecular weight excluding hydrogens is 242 g/mol. The molecule has 4 heteroatoms. The van der Waals surface area contributed by atoms with Gasteiger partial charge < -0.3 is 9.94 Å². The molecule has 0 aliphatic heterocycles. The first-order valence-corrected chi connectivity index (χ1v) is 5.79. The molecule has 2 aromatic carbocycles. The van der Waals surface area contributed by atoms with Crippen LogP contribution in [0.1, 0.15) is 17.2 Å². The van der Waals surface area contributed by atoms with Gasteiger partial charge in [0.2, 0.25) is 0 Å². The van der Waals surface area contributed by atoms with Crippen LogP contribution in [-0.4, -0.2) is 17.3 Å². The fourth-order valence-corrected chi connectivity index (χ4v) is 1.71. The largest absolute Gasteiger partial charge is 0.477 e. The molecule has 0 aliphatic rings. The van der Waals surface area contributed by atoms with Crippen molar-refractivity contribution in [3.63, 3.8) is 0 Å². The molecule has 0 atom stereocenters. The molecule has 0 radical (unpaired) electrons. The second-order valence-electron chi connectivity index (χ2n) is 3.88. The average Bonchev–Trinajstić information content (AvgIpc) is 2.45. The molecule has 0 fully saturated rings. The van der Waals surface area contributed by atoms with Gasteiger partial charge in [-0.3, -0.25) is 0 Å². The maximum Gasteiger partial charge on any atom is 0.350 e. The van der Waals surface area contributed by atoms with E-state index in [1.54, 1.807) is 0 Å². The van der Waals surface area contributed by atoms with Crippen LogP contribution in [0.4, 0.5) is 0 Å². The van der Waals surface area contributed by atoms with Crippen LogP contribution < -0.4 is 0 Å². The summed E-state index contributed by atoms with van der Waals surface area (Å²) in [7, 11) is 0. The van der Waals surface area contributed by atoms with E-state index in [1.165, 1.54) is 0 Å². The van der Waals surface area contributed by atoms with Gasteiger partial charge >= 0.3 is 5.97 Å². The van der Waals surface area contributed by atoms with Crippen molar-refractivity contribution >= 4 is 12.2 Å². The zero-order chi connectivity index (χ0) is 13.5. The molecule has 0 amide bonds. The molecule has 2 rings (SSSR count). The molecule has 0 heterocycles. The average molecular weight is 255 g/mol. The fourth-order valence-electron chi connectivity index (χ4n) is 1.71. The Bertz CT molecular complexity index is 513. The lowest BCUT2D eigenvalue weighted by Crippen LogP contribution is -2.04. The first kappa shape index (κ1) is 12.8. The zero-order valence-corrected chi connectivity index (χ0v) is 10.1. The molecule has 0 spiro atoms. The van der Waals surface area contributed by atoms with Crippen molar-refractivity contribution in [1.82, 2.24) is 0 Å². The van der Waals surface area contributed by atoms with E-state index in [0.29, 0.717) is 0 Å². The van der Waals surface area contributed by atoms with Crippen molar-refractivity contribution in [2.45, 2.75) is 6.10 Å². The highest BCUT2D eigenvalue weighted by atomic mass is 16.6. The van der Waals surface area contributed by atoms with E-state index >= 15 is 0 Å². The van der Waals surface area contributed by atoms with Gasteiger partial charge in [-0.2, -0.15) is 0 Å². The van der Waals surface area contributed by atoms with Crippen LogP contribution in [0, 0.1) is 0 Å². The summed E-state index contributed by atoms with van der Waals surface area (Å²) in [6.45, 7) is 0. The second-order valence-corrected chi connectivity index (χ2v) is 3.88. The summed E-state index contributed by atoms with van der Waals surface area (Å²) in [5, 5.41) is 12.0. The predicted molar refractivity (Wildman–Crippen MR) is 71.9 cm³/mol. The number of carbonyl (C=O) groups is 1. The number of hydrogen-bond donors (Lipinski definition) is 1. The lowest BCUT2D eigenvalue weighted by molar-refractivity contribution is -0.129. The van der Waals surface area contributed by atoms with Crippen molar-refractivity contribution in [2.24, 2.45) is 5.16 Å². The normalized spacial score (nSPS) is 10.8. The second kappa shape index (κ2) is 6.35. The summed E-state index contributed by atoms with van der Waals surface area (Å²) in [6.07, 6.45) is 0.316. The number of rotatable bonds is 5. The Morgan fingerprint density at radius 1 is 1.00 bits per heavy atom. The highest BCUT2D eigenvalue weighted by Crippen LogP contribution is 2.25. The van der Waals surface area contributed by atoms with E-state index in [4.69, 9.17) is 9.94 Å². The standard InChI is InChI=1S/C15H13NO3/c17-14(18)11-16-19-15(12-7-3-1-4-8-12)13-9-5-2-6-10-13/h1-11,15H,(H,17,18). The van der Waals surface area contributed by atoms with Crippen LogP contribution in [0.25, 0.3) is 0 Å². The minimum absolute atomic E-state index is 0.419. The lowest BCUT2D eigenvalue weighted by atomic mass is 10.0. The SMILES string of the molecule is O=C(O)C=NOC(c1ccccc1)c1ccccc1. The Labute approximate surface area is 111 Å². The first-order chi connectivity index (χ1) is 9.27. The highest BCUT2D eigenvalue weighted by molar-refractivity contribution is 6.21. The molecule has 96 valence electrons. The Kier molecular flexibility index (Phi) is 4.29. The molecule has 2 aromatic rings. The number of carboxylic acid groups (broad SMARTS) is 1. The Hall–Kier alpha value is -2.62.